The first kappa shape index (κ1) is 14.5. The fourth-order valence-electron chi connectivity index (χ4n) is 1.96. The van der Waals surface area contributed by atoms with Crippen LogP contribution in [-0.4, -0.2) is 35.8 Å². The maximum absolute atomic E-state index is 12.1. The fourth-order valence-corrected chi connectivity index (χ4v) is 1.96. The summed E-state index contributed by atoms with van der Waals surface area (Å²) < 4.78 is 0. The van der Waals surface area contributed by atoms with Crippen molar-refractivity contribution in [2.75, 3.05) is 13.1 Å². The first-order chi connectivity index (χ1) is 8.08. The van der Waals surface area contributed by atoms with Crippen LogP contribution >= 0.6 is 12.4 Å². The molecule has 0 bridgehead atoms. The van der Waals surface area contributed by atoms with Crippen LogP contribution < -0.4 is 11.5 Å². The second-order valence-electron chi connectivity index (χ2n) is 4.24. The van der Waals surface area contributed by atoms with Gasteiger partial charge in [-0.25, -0.2) is 0 Å². The fraction of sp³-hybridized carbons (Fsp3) is 0.333. The normalized spacial score (nSPS) is 18.3. The predicted molar refractivity (Wildman–Crippen MR) is 70.7 cm³/mol. The molecule has 1 aromatic rings. The van der Waals surface area contributed by atoms with Gasteiger partial charge in [0.15, 0.2) is 0 Å². The number of carbonyl (C=O) groups is 2. The zero-order valence-corrected chi connectivity index (χ0v) is 10.7. The first-order valence-corrected chi connectivity index (χ1v) is 5.52. The van der Waals surface area contributed by atoms with E-state index in [-0.39, 0.29) is 24.4 Å². The van der Waals surface area contributed by atoms with Gasteiger partial charge in [0.05, 0.1) is 0 Å². The summed E-state index contributed by atoms with van der Waals surface area (Å²) in [4.78, 5) is 24.8. The van der Waals surface area contributed by atoms with Crippen molar-refractivity contribution in [3.8, 4) is 0 Å². The average molecular weight is 270 g/mol. The number of hydrogen-bond acceptors (Lipinski definition) is 3. The minimum atomic E-state index is -0.530. The smallest absolute Gasteiger partial charge is 0.253 e. The van der Waals surface area contributed by atoms with E-state index in [1.54, 1.807) is 23.1 Å². The Balaban J connectivity index is 0.00000162. The van der Waals surface area contributed by atoms with Gasteiger partial charge in [0.1, 0.15) is 0 Å². The van der Waals surface area contributed by atoms with E-state index in [9.17, 15) is 9.59 Å². The molecule has 0 unspecified atom stereocenters. The monoisotopic (exact) mass is 269 g/mol. The van der Waals surface area contributed by atoms with E-state index in [0.29, 0.717) is 24.2 Å². The van der Waals surface area contributed by atoms with Gasteiger partial charge in [0, 0.05) is 30.3 Å². The Morgan fingerprint density at radius 1 is 1.28 bits per heavy atom. The predicted octanol–water partition coefficient (Wildman–Crippen LogP) is 0.380. The van der Waals surface area contributed by atoms with Crippen molar-refractivity contribution in [3.63, 3.8) is 0 Å². The van der Waals surface area contributed by atoms with Crippen LogP contribution in [0.2, 0.25) is 0 Å². The molecule has 2 amide bonds. The molecule has 18 heavy (non-hydrogen) atoms. The molecule has 6 heteroatoms. The molecular formula is C12H16ClN3O2. The van der Waals surface area contributed by atoms with Crippen molar-refractivity contribution in [1.29, 1.82) is 0 Å². The summed E-state index contributed by atoms with van der Waals surface area (Å²) in [5.74, 6) is -0.626. The maximum atomic E-state index is 12.1. The van der Waals surface area contributed by atoms with Crippen LogP contribution in [-0.2, 0) is 0 Å². The number of halogens is 1. The molecule has 0 aliphatic carbocycles. The van der Waals surface area contributed by atoms with Crippen LogP contribution in [0.1, 0.15) is 27.1 Å². The molecular weight excluding hydrogens is 254 g/mol. The zero-order valence-electron chi connectivity index (χ0n) is 9.83. The van der Waals surface area contributed by atoms with Crippen molar-refractivity contribution >= 4 is 24.2 Å². The van der Waals surface area contributed by atoms with Gasteiger partial charge in [0.2, 0.25) is 5.91 Å². The van der Waals surface area contributed by atoms with E-state index in [4.69, 9.17) is 11.5 Å². The SMILES string of the molecule is Cl.NC(=O)c1cccc(C(=O)N2CC[C@H](N)C2)c1. The van der Waals surface area contributed by atoms with Gasteiger partial charge in [0.25, 0.3) is 5.91 Å². The van der Waals surface area contributed by atoms with Crippen LogP contribution in [0.3, 0.4) is 0 Å². The van der Waals surface area contributed by atoms with Gasteiger partial charge < -0.3 is 16.4 Å². The molecule has 1 aromatic carbocycles. The second-order valence-corrected chi connectivity index (χ2v) is 4.24. The quantitative estimate of drug-likeness (QED) is 0.813. The number of nitrogens with zero attached hydrogens (tertiary/aromatic N) is 1. The number of hydrogen-bond donors (Lipinski definition) is 2. The molecule has 0 saturated carbocycles. The van der Waals surface area contributed by atoms with Crippen LogP contribution in [0.5, 0.6) is 0 Å². The summed E-state index contributed by atoms with van der Waals surface area (Å²) in [5.41, 5.74) is 11.8. The number of carbonyl (C=O) groups excluding carboxylic acids is 2. The van der Waals surface area contributed by atoms with E-state index in [1.165, 1.54) is 6.07 Å². The molecule has 0 aromatic heterocycles. The van der Waals surface area contributed by atoms with Crippen LogP contribution in [0.15, 0.2) is 24.3 Å². The summed E-state index contributed by atoms with van der Waals surface area (Å²) in [7, 11) is 0. The number of primary amides is 1. The van der Waals surface area contributed by atoms with Crippen LogP contribution in [0.4, 0.5) is 0 Å². The van der Waals surface area contributed by atoms with Crippen LogP contribution in [0, 0.1) is 0 Å². The number of benzene rings is 1. The Labute approximate surface area is 112 Å². The number of amides is 2. The Morgan fingerprint density at radius 3 is 2.50 bits per heavy atom. The Hall–Kier alpha value is -1.59. The average Bonchev–Trinajstić information content (AvgIpc) is 2.75. The Kier molecular flexibility index (Phi) is 4.69. The van der Waals surface area contributed by atoms with E-state index in [0.717, 1.165) is 6.42 Å². The summed E-state index contributed by atoms with van der Waals surface area (Å²) >= 11 is 0. The molecule has 1 fully saturated rings. The van der Waals surface area contributed by atoms with Gasteiger partial charge >= 0.3 is 0 Å². The van der Waals surface area contributed by atoms with Gasteiger partial charge in [-0.3, -0.25) is 9.59 Å². The van der Waals surface area contributed by atoms with Gasteiger partial charge in [-0.05, 0) is 24.6 Å². The lowest BCUT2D eigenvalue weighted by molar-refractivity contribution is 0.0791. The molecule has 0 spiro atoms. The van der Waals surface area contributed by atoms with Gasteiger partial charge in [-0.15, -0.1) is 12.4 Å². The van der Waals surface area contributed by atoms with Crippen molar-refractivity contribution in [2.45, 2.75) is 12.5 Å². The van der Waals surface area contributed by atoms with E-state index < -0.39 is 5.91 Å². The third-order valence-electron chi connectivity index (χ3n) is 2.91. The highest BCUT2D eigenvalue weighted by atomic mass is 35.5. The molecule has 1 aliphatic rings. The third kappa shape index (κ3) is 3.00. The molecule has 1 aliphatic heterocycles. The summed E-state index contributed by atoms with van der Waals surface area (Å²) in [6, 6.07) is 6.50. The Bertz CT molecular complexity index is 464. The molecule has 98 valence electrons. The maximum Gasteiger partial charge on any atom is 0.253 e. The van der Waals surface area contributed by atoms with Crippen LogP contribution in [0.25, 0.3) is 0 Å². The van der Waals surface area contributed by atoms with Crippen molar-refractivity contribution < 1.29 is 9.59 Å². The molecule has 5 nitrogen and oxygen atoms in total. The van der Waals surface area contributed by atoms with E-state index in [1.807, 2.05) is 0 Å². The topological polar surface area (TPSA) is 89.4 Å². The van der Waals surface area contributed by atoms with Crippen molar-refractivity contribution in [3.05, 3.63) is 35.4 Å². The zero-order chi connectivity index (χ0) is 12.4. The highest BCUT2D eigenvalue weighted by Gasteiger charge is 2.24. The molecule has 0 radical (unpaired) electrons. The summed E-state index contributed by atoms with van der Waals surface area (Å²) in [6.45, 7) is 1.24. The molecule has 1 saturated heterocycles. The lowest BCUT2D eigenvalue weighted by Gasteiger charge is -2.15. The van der Waals surface area contributed by atoms with Crippen molar-refractivity contribution in [2.24, 2.45) is 11.5 Å². The summed E-state index contributed by atoms with van der Waals surface area (Å²) in [6.07, 6.45) is 0.821. The third-order valence-corrected chi connectivity index (χ3v) is 2.91. The summed E-state index contributed by atoms with van der Waals surface area (Å²) in [5, 5.41) is 0. The number of nitrogens with two attached hydrogens (primary N) is 2. The van der Waals surface area contributed by atoms with Gasteiger partial charge in [-0.2, -0.15) is 0 Å². The standard InChI is InChI=1S/C12H15N3O2.ClH/c13-10-4-5-15(7-10)12(17)9-3-1-2-8(6-9)11(14)16;/h1-3,6,10H,4-5,7,13H2,(H2,14,16);1H/t10-;/m0./s1. The lowest BCUT2D eigenvalue weighted by atomic mass is 10.1. The molecule has 1 atom stereocenters. The van der Waals surface area contributed by atoms with Gasteiger partial charge in [-0.1, -0.05) is 6.07 Å². The molecule has 4 N–H and O–H groups in total. The largest absolute Gasteiger partial charge is 0.366 e. The minimum absolute atomic E-state index is 0. The highest BCUT2D eigenvalue weighted by molar-refractivity contribution is 5.99. The van der Waals surface area contributed by atoms with E-state index in [2.05, 4.69) is 0 Å². The molecule has 1 heterocycles. The lowest BCUT2D eigenvalue weighted by Crippen LogP contribution is -2.32. The molecule has 2 rings (SSSR count). The number of rotatable bonds is 2. The first-order valence-electron chi connectivity index (χ1n) is 5.52. The highest BCUT2D eigenvalue weighted by Crippen LogP contribution is 2.13. The van der Waals surface area contributed by atoms with Crippen molar-refractivity contribution in [1.82, 2.24) is 4.90 Å². The second kappa shape index (κ2) is 5.84. The number of likely N-dealkylation sites (tertiary alicyclic amines) is 1. The van der Waals surface area contributed by atoms with E-state index >= 15 is 0 Å². The Morgan fingerprint density at radius 2 is 1.94 bits per heavy atom. The minimum Gasteiger partial charge on any atom is -0.366 e.